The van der Waals surface area contributed by atoms with Gasteiger partial charge in [0.25, 0.3) is 0 Å². The molecular weight excluding hydrogens is 210 g/mol. The smallest absolute Gasteiger partial charge is 0.144 e. The van der Waals surface area contributed by atoms with Crippen LogP contribution in [0.1, 0.15) is 24.3 Å². The van der Waals surface area contributed by atoms with Gasteiger partial charge in [-0.25, -0.2) is 0 Å². The molecule has 92 valence electrons. The molecule has 1 aromatic carbocycles. The van der Waals surface area contributed by atoms with Crippen LogP contribution in [0.15, 0.2) is 43.0 Å². The largest absolute Gasteiger partial charge is 0.309 e. The van der Waals surface area contributed by atoms with Crippen LogP contribution in [0.4, 0.5) is 0 Å². The second-order valence-electron chi connectivity index (χ2n) is 4.51. The van der Waals surface area contributed by atoms with Gasteiger partial charge in [0.05, 0.1) is 0 Å². The lowest BCUT2D eigenvalue weighted by Crippen LogP contribution is -2.20. The normalized spacial score (nSPS) is 12.4. The Morgan fingerprint density at radius 2 is 2.00 bits per heavy atom. The summed E-state index contributed by atoms with van der Waals surface area (Å²) in [5.74, 6) is 0.254. The molecule has 1 rings (SSSR count). The van der Waals surface area contributed by atoms with Gasteiger partial charge in [0.2, 0.25) is 0 Å². The minimum Gasteiger partial charge on any atom is -0.309 e. The van der Waals surface area contributed by atoms with Crippen molar-refractivity contribution in [2.75, 3.05) is 20.6 Å². The first kappa shape index (κ1) is 13.7. The summed E-state index contributed by atoms with van der Waals surface area (Å²) in [5.41, 5.74) is 1.11. The summed E-state index contributed by atoms with van der Waals surface area (Å²) in [6.07, 6.45) is 3.00. The van der Waals surface area contributed by atoms with Crippen molar-refractivity contribution in [2.24, 2.45) is 0 Å². The van der Waals surface area contributed by atoms with Crippen LogP contribution in [0.5, 0.6) is 0 Å². The van der Waals surface area contributed by atoms with Crippen molar-refractivity contribution in [2.45, 2.75) is 18.8 Å². The molecule has 2 nitrogen and oxygen atoms in total. The fraction of sp³-hybridized carbons (Fsp3) is 0.400. The molecule has 0 saturated heterocycles. The number of hydrogen-bond acceptors (Lipinski definition) is 2. The molecule has 0 aliphatic carbocycles. The number of ketones is 1. The second kappa shape index (κ2) is 7.02. The highest BCUT2D eigenvalue weighted by Gasteiger charge is 2.18. The summed E-state index contributed by atoms with van der Waals surface area (Å²) >= 11 is 0. The molecule has 0 N–H and O–H groups in total. The lowest BCUT2D eigenvalue weighted by atomic mass is 9.90. The lowest BCUT2D eigenvalue weighted by molar-refractivity contribution is -0.119. The number of rotatable bonds is 7. The van der Waals surface area contributed by atoms with E-state index in [4.69, 9.17) is 0 Å². The highest BCUT2D eigenvalue weighted by atomic mass is 16.1. The molecule has 1 aromatic rings. The van der Waals surface area contributed by atoms with Crippen LogP contribution in [0.3, 0.4) is 0 Å². The molecule has 0 spiro atoms. The third kappa shape index (κ3) is 4.53. The Balaban J connectivity index is 2.78. The van der Waals surface area contributed by atoms with E-state index >= 15 is 0 Å². The molecule has 0 heterocycles. The summed E-state index contributed by atoms with van der Waals surface area (Å²) in [7, 11) is 4.06. The zero-order chi connectivity index (χ0) is 12.7. The topological polar surface area (TPSA) is 20.3 Å². The first-order chi connectivity index (χ1) is 8.15. The highest BCUT2D eigenvalue weighted by Crippen LogP contribution is 2.22. The standard InChI is InChI=1S/C15H21NO/c1-4-8-15(17)14(11-12-16(2)3)13-9-6-5-7-10-13/h4-7,9-10,14H,1,8,11-12H2,2-3H3. The van der Waals surface area contributed by atoms with Crippen molar-refractivity contribution in [3.05, 3.63) is 48.6 Å². The van der Waals surface area contributed by atoms with Crippen molar-refractivity contribution in [3.63, 3.8) is 0 Å². The van der Waals surface area contributed by atoms with Crippen LogP contribution in [-0.2, 0) is 4.79 Å². The Morgan fingerprint density at radius 3 is 2.53 bits per heavy atom. The second-order valence-corrected chi connectivity index (χ2v) is 4.51. The van der Waals surface area contributed by atoms with Gasteiger partial charge in [-0.05, 0) is 32.6 Å². The van der Waals surface area contributed by atoms with E-state index in [-0.39, 0.29) is 11.7 Å². The fourth-order valence-corrected chi connectivity index (χ4v) is 1.87. The van der Waals surface area contributed by atoms with Gasteiger partial charge in [0, 0.05) is 12.3 Å². The maximum absolute atomic E-state index is 12.1. The molecule has 0 aliphatic rings. The van der Waals surface area contributed by atoms with Crippen LogP contribution >= 0.6 is 0 Å². The summed E-state index contributed by atoms with van der Waals surface area (Å²) in [6, 6.07) is 10.0. The first-order valence-corrected chi connectivity index (χ1v) is 5.98. The Kier molecular flexibility index (Phi) is 5.64. The molecule has 0 aromatic heterocycles. The molecule has 0 amide bonds. The molecule has 0 bridgehead atoms. The number of allylic oxidation sites excluding steroid dienone is 1. The van der Waals surface area contributed by atoms with E-state index in [1.165, 1.54) is 0 Å². The Bertz CT molecular complexity index is 356. The van der Waals surface area contributed by atoms with Gasteiger partial charge in [0.1, 0.15) is 5.78 Å². The van der Waals surface area contributed by atoms with Crippen LogP contribution in [0.2, 0.25) is 0 Å². The average molecular weight is 231 g/mol. The third-order valence-electron chi connectivity index (χ3n) is 2.80. The quantitative estimate of drug-likeness (QED) is 0.673. The van der Waals surface area contributed by atoms with Crippen molar-refractivity contribution in [3.8, 4) is 0 Å². The Hall–Kier alpha value is -1.41. The number of benzene rings is 1. The molecule has 1 unspecified atom stereocenters. The summed E-state index contributed by atoms with van der Waals surface area (Å²) in [5, 5.41) is 0. The average Bonchev–Trinajstić information content (AvgIpc) is 2.30. The maximum atomic E-state index is 12.1. The molecule has 17 heavy (non-hydrogen) atoms. The monoisotopic (exact) mass is 231 g/mol. The van der Waals surface area contributed by atoms with Gasteiger partial charge in [-0.3, -0.25) is 4.79 Å². The number of carbonyl (C=O) groups excluding carboxylic acids is 1. The number of carbonyl (C=O) groups is 1. The SMILES string of the molecule is C=CCC(=O)C(CCN(C)C)c1ccccc1. The summed E-state index contributed by atoms with van der Waals surface area (Å²) in [6.45, 7) is 4.56. The molecule has 0 aliphatic heterocycles. The van der Waals surface area contributed by atoms with E-state index in [2.05, 4.69) is 11.5 Å². The number of hydrogen-bond donors (Lipinski definition) is 0. The molecule has 0 fully saturated rings. The highest BCUT2D eigenvalue weighted by molar-refractivity contribution is 5.86. The van der Waals surface area contributed by atoms with Crippen LogP contribution in [-0.4, -0.2) is 31.3 Å². The van der Waals surface area contributed by atoms with E-state index in [0.29, 0.717) is 6.42 Å². The molecule has 0 radical (unpaired) electrons. The van der Waals surface area contributed by atoms with Crippen molar-refractivity contribution in [1.29, 1.82) is 0 Å². The van der Waals surface area contributed by atoms with Gasteiger partial charge in [-0.15, -0.1) is 6.58 Å². The van der Waals surface area contributed by atoms with Gasteiger partial charge in [-0.1, -0.05) is 36.4 Å². The minimum atomic E-state index is -0.00315. The third-order valence-corrected chi connectivity index (χ3v) is 2.80. The van der Waals surface area contributed by atoms with Crippen LogP contribution in [0, 0.1) is 0 Å². The van der Waals surface area contributed by atoms with Gasteiger partial charge >= 0.3 is 0 Å². The van der Waals surface area contributed by atoms with Gasteiger partial charge in [-0.2, -0.15) is 0 Å². The zero-order valence-corrected chi connectivity index (χ0v) is 10.7. The molecule has 2 heteroatoms. The van der Waals surface area contributed by atoms with Gasteiger partial charge in [0.15, 0.2) is 0 Å². The van der Waals surface area contributed by atoms with Crippen LogP contribution < -0.4 is 0 Å². The fourth-order valence-electron chi connectivity index (χ4n) is 1.87. The predicted molar refractivity (Wildman–Crippen MR) is 72.2 cm³/mol. The lowest BCUT2D eigenvalue weighted by Gasteiger charge is -2.18. The Morgan fingerprint density at radius 1 is 1.35 bits per heavy atom. The number of nitrogens with zero attached hydrogens (tertiary/aromatic N) is 1. The van der Waals surface area contributed by atoms with E-state index < -0.39 is 0 Å². The van der Waals surface area contributed by atoms with Gasteiger partial charge < -0.3 is 4.90 Å². The van der Waals surface area contributed by atoms with E-state index in [1.54, 1.807) is 6.08 Å². The van der Waals surface area contributed by atoms with Crippen molar-refractivity contribution in [1.82, 2.24) is 4.90 Å². The molecular formula is C15H21NO. The summed E-state index contributed by atoms with van der Waals surface area (Å²) in [4.78, 5) is 14.2. The molecule has 1 atom stereocenters. The maximum Gasteiger partial charge on any atom is 0.144 e. The van der Waals surface area contributed by atoms with E-state index in [1.807, 2.05) is 44.4 Å². The van der Waals surface area contributed by atoms with Crippen molar-refractivity contribution >= 4 is 5.78 Å². The predicted octanol–water partition coefficient (Wildman–Crippen LogP) is 2.87. The van der Waals surface area contributed by atoms with Crippen LogP contribution in [0.25, 0.3) is 0 Å². The Labute approximate surface area is 104 Å². The first-order valence-electron chi connectivity index (χ1n) is 5.98. The molecule has 0 saturated carbocycles. The van der Waals surface area contributed by atoms with E-state index in [9.17, 15) is 4.79 Å². The zero-order valence-electron chi connectivity index (χ0n) is 10.7. The van der Waals surface area contributed by atoms with E-state index in [0.717, 1.165) is 18.5 Å². The number of Topliss-reactive ketones (excluding diaryl/α,β-unsaturated/α-hetero) is 1. The van der Waals surface area contributed by atoms with Crippen molar-refractivity contribution < 1.29 is 4.79 Å². The summed E-state index contributed by atoms with van der Waals surface area (Å²) < 4.78 is 0. The minimum absolute atomic E-state index is 0.00315.